The molecule has 86 heavy (non-hydrogen) atoms. The van der Waals surface area contributed by atoms with Crippen LogP contribution in [0.25, 0.3) is 0 Å². The van der Waals surface area contributed by atoms with Crippen LogP contribution in [0.15, 0.2) is 73.4 Å². The Morgan fingerprint density at radius 3 is 2.28 bits per heavy atom. The summed E-state index contributed by atoms with van der Waals surface area (Å²) in [6.07, 6.45) is 1.95. The third-order valence-electron chi connectivity index (χ3n) is 15.1. The number of halogens is 1. The molecular weight excluding hydrogens is 1160 g/mol. The number of aromatic nitrogens is 1. The molecule has 8 amide bonds. The van der Waals surface area contributed by atoms with Crippen LogP contribution in [0, 0.1) is 5.92 Å². The minimum Gasteiger partial charge on any atom is -0.495 e. The fourth-order valence-corrected chi connectivity index (χ4v) is 11.8. The zero-order chi connectivity index (χ0) is 63.4. The second kappa shape index (κ2) is 29.5. The Labute approximate surface area is 508 Å². The predicted octanol–water partition coefficient (Wildman–Crippen LogP) is 4.65. The van der Waals surface area contributed by atoms with Gasteiger partial charge in [-0.1, -0.05) is 69.3 Å². The van der Waals surface area contributed by atoms with Gasteiger partial charge in [-0.2, -0.15) is 0 Å². The Morgan fingerprint density at radius 2 is 1.65 bits per heavy atom. The highest BCUT2D eigenvalue weighted by Gasteiger charge is 2.64. The van der Waals surface area contributed by atoms with Gasteiger partial charge in [-0.25, -0.2) is 14.6 Å². The number of amides is 8. The van der Waals surface area contributed by atoms with Crippen molar-refractivity contribution in [3.05, 3.63) is 89.5 Å². The molecule has 9 atom stereocenters. The molecule has 0 radical (unpaired) electrons. The zero-order valence-corrected chi connectivity index (χ0v) is 51.6. The van der Waals surface area contributed by atoms with Gasteiger partial charge in [0.15, 0.2) is 5.72 Å². The first-order valence-corrected chi connectivity index (χ1v) is 29.0. The highest BCUT2D eigenvalue weighted by Crippen LogP contribution is 2.49. The number of esters is 1. The number of allylic oxidation sites excluding steroid dienone is 3. The SMILES string of the molecule is C=CC(=O)Nc1cc(C(=O)NCCOCCOCCN2C(=O)CC(SC(C)(C)CC(=O)N(C)[C@@H](C)C(=O)O[C@H]3CC(=O)N(C)c4cc(cc(OC)c4Cl)C/C(C)=C/C=C/[C@@H](OC)[C@@]4(O)C[C@H](OC(=O)N4)[C@@H](C)[C@@H]4O[C@@]34C)C2=O)cc(NC(=O)C=C)n1. The van der Waals surface area contributed by atoms with Crippen LogP contribution in [-0.4, -0.2) is 193 Å². The number of aliphatic hydroxyl groups is 1. The van der Waals surface area contributed by atoms with Crippen molar-refractivity contribution in [2.45, 2.75) is 125 Å². The summed E-state index contributed by atoms with van der Waals surface area (Å²) in [5, 5.41) is 21.3. The van der Waals surface area contributed by atoms with Crippen LogP contribution in [0.1, 0.15) is 83.1 Å². The normalized spacial score (nSPS) is 25.5. The largest absolute Gasteiger partial charge is 0.495 e. The van der Waals surface area contributed by atoms with E-state index in [-0.39, 0.29) is 81.0 Å². The number of carbonyl (C=O) groups is 9. The first-order chi connectivity index (χ1) is 40.6. The van der Waals surface area contributed by atoms with E-state index in [1.807, 2.05) is 13.0 Å². The first kappa shape index (κ1) is 67.9. The number of likely N-dealkylation sites (N-methyl/N-ethyl adjacent to an activating group) is 1. The smallest absolute Gasteiger partial charge is 0.409 e. The number of pyridine rings is 1. The predicted molar refractivity (Wildman–Crippen MR) is 318 cm³/mol. The van der Waals surface area contributed by atoms with E-state index in [1.165, 1.54) is 57.2 Å². The van der Waals surface area contributed by atoms with E-state index in [0.717, 1.165) is 40.0 Å². The number of epoxide rings is 1. The van der Waals surface area contributed by atoms with Gasteiger partial charge in [0.05, 0.1) is 63.5 Å². The molecule has 27 heteroatoms. The van der Waals surface area contributed by atoms with Crippen molar-refractivity contribution in [1.82, 2.24) is 25.4 Å². The Morgan fingerprint density at radius 1 is 1.00 bits per heavy atom. The van der Waals surface area contributed by atoms with Crippen molar-refractivity contribution in [2.24, 2.45) is 5.92 Å². The van der Waals surface area contributed by atoms with Gasteiger partial charge < -0.3 is 64.0 Å². The summed E-state index contributed by atoms with van der Waals surface area (Å²) in [5.41, 5.74) is -1.20. The van der Waals surface area contributed by atoms with Crippen molar-refractivity contribution < 1.29 is 81.4 Å². The van der Waals surface area contributed by atoms with E-state index in [9.17, 15) is 48.3 Å². The zero-order valence-electron chi connectivity index (χ0n) is 50.0. The quantitative estimate of drug-likeness (QED) is 0.0332. The second-order valence-corrected chi connectivity index (χ2v) is 24.3. The lowest BCUT2D eigenvalue weighted by Crippen LogP contribution is -2.63. The standard InChI is InChI=1S/C59H77ClN8O17S/c1-13-46(69)63-44-27-37(28-45(62-44)64-47(70)14-2)53(74)61-18-20-81-22-23-82-21-19-68-49(72)29-41(54(68)75)86-57(6,7)32-50(73)66(9)35(5)55(76)84-43-30-48(71)67(10)38-25-36(26-39(79-11)51(38)60)24-33(3)16-15-17-42(80-12)59(78)31-40(83-56(77)65-59)34(4)52-58(43,8)85-52/h13-17,25-28,34-35,40-43,52,78H,1-2,18-24,29-32H2,3-12H3,(H,61,74)(H,65,77)(H2,62,63,64,69,70)/b17-15+,33-16+/t34-,35+,40+,41?,42-,43+,52+,58+,59+/m1/s1. The summed E-state index contributed by atoms with van der Waals surface area (Å²) in [5.74, 6) is -4.68. The molecule has 1 aromatic carbocycles. The number of thioether (sulfide) groups is 1. The number of ether oxygens (including phenoxy) is 7. The molecule has 2 aromatic rings. The molecule has 4 bridgehead atoms. The molecule has 3 saturated heterocycles. The van der Waals surface area contributed by atoms with Gasteiger partial charge in [-0.15, -0.1) is 11.8 Å². The lowest BCUT2D eigenvalue weighted by atomic mass is 9.83. The Bertz CT molecular complexity index is 2970. The number of carbonyl (C=O) groups excluding carboxylic acids is 9. The number of benzene rings is 1. The van der Waals surface area contributed by atoms with Crippen LogP contribution in [0.4, 0.5) is 22.1 Å². The molecular formula is C59H77ClN8O17S. The van der Waals surface area contributed by atoms with Crippen LogP contribution in [0.5, 0.6) is 5.75 Å². The van der Waals surface area contributed by atoms with Gasteiger partial charge in [0.25, 0.3) is 5.91 Å². The van der Waals surface area contributed by atoms with Gasteiger partial charge in [-0.05, 0) is 69.2 Å². The average Bonchev–Trinajstić information content (AvgIpc) is 2.01. The molecule has 1 aromatic heterocycles. The van der Waals surface area contributed by atoms with Crippen molar-refractivity contribution in [3.8, 4) is 5.75 Å². The van der Waals surface area contributed by atoms with Crippen LogP contribution < -0.4 is 30.9 Å². The Balaban J connectivity index is 1.03. The maximum atomic E-state index is 14.5. The number of imide groups is 1. The number of rotatable bonds is 23. The van der Waals surface area contributed by atoms with Crippen molar-refractivity contribution in [1.29, 1.82) is 0 Å². The fraction of sp³-hybridized carbons (Fsp3) is 0.525. The van der Waals surface area contributed by atoms with Crippen molar-refractivity contribution >= 4 is 94.1 Å². The van der Waals surface area contributed by atoms with Gasteiger partial charge in [-0.3, -0.25) is 43.8 Å². The van der Waals surface area contributed by atoms with Gasteiger partial charge in [0, 0.05) is 63.2 Å². The van der Waals surface area contributed by atoms with Gasteiger partial charge >= 0.3 is 12.1 Å². The van der Waals surface area contributed by atoms with Crippen LogP contribution in [0.3, 0.4) is 0 Å². The molecule has 0 saturated carbocycles. The molecule has 4 aliphatic heterocycles. The minimum absolute atomic E-state index is 0.00407. The highest BCUT2D eigenvalue weighted by molar-refractivity contribution is 8.02. The molecule has 5 N–H and O–H groups in total. The maximum absolute atomic E-state index is 14.5. The summed E-state index contributed by atoms with van der Waals surface area (Å²) >= 11 is 8.00. The number of methoxy groups -OCH3 is 2. The number of alkyl carbamates (subject to hydrolysis) is 1. The van der Waals surface area contributed by atoms with Crippen LogP contribution in [-0.2, 0) is 68.4 Å². The average molecular weight is 1240 g/mol. The molecule has 1 unspecified atom stereocenters. The minimum atomic E-state index is -1.90. The number of nitrogens with zero attached hydrogens (tertiary/aromatic N) is 4. The molecule has 3 fully saturated rings. The fourth-order valence-electron chi connectivity index (χ4n) is 10.1. The first-order valence-electron chi connectivity index (χ1n) is 27.8. The molecule has 0 spiro atoms. The summed E-state index contributed by atoms with van der Waals surface area (Å²) in [4.78, 5) is 127. The van der Waals surface area contributed by atoms with Crippen LogP contribution in [0.2, 0.25) is 5.02 Å². The Hall–Kier alpha value is -7.20. The van der Waals surface area contributed by atoms with E-state index in [1.54, 1.807) is 52.0 Å². The molecule has 0 aliphatic carbocycles. The van der Waals surface area contributed by atoms with E-state index in [4.69, 9.17) is 44.8 Å². The number of nitrogens with one attached hydrogen (secondary N) is 4. The number of hydrogen-bond acceptors (Lipinski definition) is 19. The lowest BCUT2D eigenvalue weighted by Gasteiger charge is -2.42. The summed E-state index contributed by atoms with van der Waals surface area (Å²) in [6.45, 7) is 17.5. The van der Waals surface area contributed by atoms with Gasteiger partial charge in [0.1, 0.15) is 52.4 Å². The number of hydrogen-bond donors (Lipinski definition) is 5. The number of anilines is 3. The molecule has 5 heterocycles. The van der Waals surface area contributed by atoms with Gasteiger partial charge in [0.2, 0.25) is 35.4 Å². The highest BCUT2D eigenvalue weighted by atomic mass is 35.5. The topological polar surface area (TPSA) is 312 Å². The third-order valence-corrected chi connectivity index (χ3v) is 16.9. The maximum Gasteiger partial charge on any atom is 0.409 e. The van der Waals surface area contributed by atoms with E-state index >= 15 is 0 Å². The monoisotopic (exact) mass is 1240 g/mol. The molecule has 4 aliphatic rings. The van der Waals surface area contributed by atoms with E-state index < -0.39 is 118 Å². The van der Waals surface area contributed by atoms with Crippen molar-refractivity contribution in [3.63, 3.8) is 0 Å². The summed E-state index contributed by atoms with van der Waals surface area (Å²) < 4.78 is 39.8. The lowest BCUT2D eigenvalue weighted by molar-refractivity contribution is -0.162. The van der Waals surface area contributed by atoms with Crippen molar-refractivity contribution in [2.75, 3.05) is 83.4 Å². The van der Waals surface area contributed by atoms with Crippen LogP contribution >= 0.6 is 23.4 Å². The number of fused-ring (bicyclic) bond motifs is 5. The molecule has 6 rings (SSSR count). The summed E-state index contributed by atoms with van der Waals surface area (Å²) in [6, 6.07) is 4.96. The molecule has 25 nitrogen and oxygen atoms in total. The number of likely N-dealkylation sites (tertiary alicyclic amines) is 1. The Kier molecular flexibility index (Phi) is 23.3. The third kappa shape index (κ3) is 17.3. The molecule has 468 valence electrons. The second-order valence-electron chi connectivity index (χ2n) is 22.0. The van der Waals surface area contributed by atoms with E-state index in [2.05, 4.69) is 39.4 Å². The summed E-state index contributed by atoms with van der Waals surface area (Å²) in [7, 11) is 5.83. The van der Waals surface area contributed by atoms with E-state index in [0.29, 0.717) is 17.9 Å².